The lowest BCUT2D eigenvalue weighted by atomic mass is 10.1. The number of piperazine rings is 1. The molecule has 0 radical (unpaired) electrons. The molecule has 1 saturated heterocycles. The Labute approximate surface area is 189 Å². The number of nitrogens with zero attached hydrogens (tertiary/aromatic N) is 2. The second-order valence-electron chi connectivity index (χ2n) is 8.34. The van der Waals surface area contributed by atoms with E-state index in [9.17, 15) is 9.59 Å². The Bertz CT molecular complexity index is 1060. The third kappa shape index (κ3) is 5.83. The number of amides is 2. The van der Waals surface area contributed by atoms with Crippen molar-refractivity contribution in [2.75, 3.05) is 31.5 Å². The van der Waals surface area contributed by atoms with Crippen LogP contribution in [-0.2, 0) is 17.8 Å². The van der Waals surface area contributed by atoms with E-state index in [1.165, 1.54) is 5.56 Å². The van der Waals surface area contributed by atoms with Crippen molar-refractivity contribution in [1.82, 2.24) is 9.80 Å². The second-order valence-corrected chi connectivity index (χ2v) is 8.34. The highest BCUT2D eigenvalue weighted by Crippen LogP contribution is 2.14. The van der Waals surface area contributed by atoms with E-state index in [1.54, 1.807) is 0 Å². The summed E-state index contributed by atoms with van der Waals surface area (Å²) < 4.78 is 0. The van der Waals surface area contributed by atoms with Gasteiger partial charge in [-0.15, -0.1) is 0 Å². The van der Waals surface area contributed by atoms with Gasteiger partial charge in [0.2, 0.25) is 5.91 Å². The number of benzene rings is 3. The number of hydrogen-bond acceptors (Lipinski definition) is 3. The summed E-state index contributed by atoms with van der Waals surface area (Å²) in [7, 11) is 0. The van der Waals surface area contributed by atoms with Gasteiger partial charge in [-0.2, -0.15) is 0 Å². The van der Waals surface area contributed by atoms with Gasteiger partial charge in [0, 0.05) is 44.0 Å². The number of aryl methyl sites for hydroxylation is 1. The average molecular weight is 428 g/mol. The molecule has 32 heavy (non-hydrogen) atoms. The molecule has 5 nitrogen and oxygen atoms in total. The second kappa shape index (κ2) is 10.2. The molecule has 1 heterocycles. The maximum Gasteiger partial charge on any atom is 0.255 e. The van der Waals surface area contributed by atoms with Gasteiger partial charge in [0.05, 0.1) is 6.42 Å². The molecule has 5 heteroatoms. The summed E-state index contributed by atoms with van der Waals surface area (Å²) in [5.74, 6) is 0.0812. The number of rotatable bonds is 6. The number of carbonyl (C=O) groups is 2. The standard InChI is InChI=1S/C27H29N3O2/c1-21-10-12-22(13-11-21)19-26(31)30-16-14-29(15-17-30)20-23-6-5-7-24(18-23)27(32)28-25-8-3-2-4-9-25/h2-13,18H,14-17,19-20H2,1H3,(H,28,32). The Morgan fingerprint density at radius 2 is 1.53 bits per heavy atom. The smallest absolute Gasteiger partial charge is 0.255 e. The molecule has 3 aromatic rings. The number of anilines is 1. The highest BCUT2D eigenvalue weighted by Gasteiger charge is 2.21. The maximum atomic E-state index is 12.7. The van der Waals surface area contributed by atoms with Crippen LogP contribution in [0.25, 0.3) is 0 Å². The molecule has 164 valence electrons. The first-order chi connectivity index (χ1) is 15.6. The van der Waals surface area contributed by atoms with Crippen LogP contribution < -0.4 is 5.32 Å². The minimum atomic E-state index is -0.107. The lowest BCUT2D eigenvalue weighted by Crippen LogP contribution is -2.48. The predicted octanol–water partition coefficient (Wildman–Crippen LogP) is 4.13. The minimum Gasteiger partial charge on any atom is -0.340 e. The average Bonchev–Trinajstić information content (AvgIpc) is 2.82. The quantitative estimate of drug-likeness (QED) is 0.643. The van der Waals surface area contributed by atoms with Crippen LogP contribution in [0.15, 0.2) is 78.9 Å². The zero-order valence-electron chi connectivity index (χ0n) is 18.5. The molecule has 1 N–H and O–H groups in total. The summed E-state index contributed by atoms with van der Waals surface area (Å²) in [6.07, 6.45) is 0.457. The molecular formula is C27H29N3O2. The topological polar surface area (TPSA) is 52.7 Å². The van der Waals surface area contributed by atoms with Crippen LogP contribution >= 0.6 is 0 Å². The molecular weight excluding hydrogens is 398 g/mol. The van der Waals surface area contributed by atoms with Gasteiger partial charge < -0.3 is 10.2 Å². The number of para-hydroxylation sites is 1. The third-order valence-electron chi connectivity index (χ3n) is 5.83. The first-order valence-electron chi connectivity index (χ1n) is 11.1. The molecule has 2 amide bonds. The van der Waals surface area contributed by atoms with E-state index in [2.05, 4.69) is 29.3 Å². The Morgan fingerprint density at radius 3 is 2.25 bits per heavy atom. The normalized spacial score (nSPS) is 14.2. The molecule has 0 atom stereocenters. The molecule has 1 aliphatic heterocycles. The van der Waals surface area contributed by atoms with E-state index < -0.39 is 0 Å². The summed E-state index contributed by atoms with van der Waals surface area (Å²) in [5, 5.41) is 2.93. The fraction of sp³-hybridized carbons (Fsp3) is 0.259. The number of carbonyl (C=O) groups excluding carboxylic acids is 2. The van der Waals surface area contributed by atoms with Crippen LogP contribution in [0.4, 0.5) is 5.69 Å². The largest absolute Gasteiger partial charge is 0.340 e. The van der Waals surface area contributed by atoms with Gasteiger partial charge in [-0.25, -0.2) is 0 Å². The van der Waals surface area contributed by atoms with E-state index >= 15 is 0 Å². The third-order valence-corrected chi connectivity index (χ3v) is 5.83. The molecule has 0 aromatic heterocycles. The molecule has 0 bridgehead atoms. The van der Waals surface area contributed by atoms with E-state index in [4.69, 9.17) is 0 Å². The van der Waals surface area contributed by atoms with Gasteiger partial charge in [-0.05, 0) is 42.3 Å². The lowest BCUT2D eigenvalue weighted by molar-refractivity contribution is -0.132. The van der Waals surface area contributed by atoms with E-state index in [0.717, 1.165) is 49.5 Å². The van der Waals surface area contributed by atoms with Gasteiger partial charge in [-0.1, -0.05) is 60.2 Å². The Balaban J connectivity index is 1.28. The number of hydrogen-bond donors (Lipinski definition) is 1. The van der Waals surface area contributed by atoms with Crippen LogP contribution in [-0.4, -0.2) is 47.8 Å². The molecule has 4 rings (SSSR count). The Hall–Kier alpha value is -3.44. The lowest BCUT2D eigenvalue weighted by Gasteiger charge is -2.35. The van der Waals surface area contributed by atoms with Crippen molar-refractivity contribution in [2.24, 2.45) is 0 Å². The van der Waals surface area contributed by atoms with Gasteiger partial charge in [-0.3, -0.25) is 14.5 Å². The van der Waals surface area contributed by atoms with Crippen molar-refractivity contribution in [3.05, 3.63) is 101 Å². The molecule has 1 aliphatic rings. The van der Waals surface area contributed by atoms with Gasteiger partial charge in [0.15, 0.2) is 0 Å². The van der Waals surface area contributed by atoms with Crippen molar-refractivity contribution in [1.29, 1.82) is 0 Å². The van der Waals surface area contributed by atoms with Crippen LogP contribution in [0.1, 0.15) is 27.0 Å². The molecule has 1 fully saturated rings. The summed E-state index contributed by atoms with van der Waals surface area (Å²) in [4.78, 5) is 29.5. The highest BCUT2D eigenvalue weighted by molar-refractivity contribution is 6.04. The van der Waals surface area contributed by atoms with Gasteiger partial charge >= 0.3 is 0 Å². The van der Waals surface area contributed by atoms with Crippen molar-refractivity contribution >= 4 is 17.5 Å². The summed E-state index contributed by atoms with van der Waals surface area (Å²) in [6, 6.07) is 25.4. The van der Waals surface area contributed by atoms with Crippen molar-refractivity contribution in [3.8, 4) is 0 Å². The van der Waals surface area contributed by atoms with Crippen molar-refractivity contribution < 1.29 is 9.59 Å². The zero-order chi connectivity index (χ0) is 22.3. The fourth-order valence-electron chi connectivity index (χ4n) is 3.94. The molecule has 0 saturated carbocycles. The van der Waals surface area contributed by atoms with Crippen molar-refractivity contribution in [2.45, 2.75) is 19.9 Å². The van der Waals surface area contributed by atoms with Crippen LogP contribution in [0, 0.1) is 6.92 Å². The first-order valence-corrected chi connectivity index (χ1v) is 11.1. The Morgan fingerprint density at radius 1 is 0.812 bits per heavy atom. The molecule has 0 spiro atoms. The SMILES string of the molecule is Cc1ccc(CC(=O)N2CCN(Cc3cccc(C(=O)Nc4ccccc4)c3)CC2)cc1. The molecule has 3 aromatic carbocycles. The summed E-state index contributed by atoms with van der Waals surface area (Å²) in [5.41, 5.74) is 4.81. The first kappa shape index (κ1) is 21.8. The van der Waals surface area contributed by atoms with E-state index in [1.807, 2.05) is 71.6 Å². The fourth-order valence-corrected chi connectivity index (χ4v) is 3.94. The van der Waals surface area contributed by atoms with Gasteiger partial charge in [0.1, 0.15) is 0 Å². The van der Waals surface area contributed by atoms with Gasteiger partial charge in [0.25, 0.3) is 5.91 Å². The zero-order valence-corrected chi connectivity index (χ0v) is 18.5. The molecule has 0 aliphatic carbocycles. The Kier molecular flexibility index (Phi) is 6.97. The molecule has 0 unspecified atom stereocenters. The van der Waals surface area contributed by atoms with Crippen molar-refractivity contribution in [3.63, 3.8) is 0 Å². The number of nitrogens with one attached hydrogen (secondary N) is 1. The van der Waals surface area contributed by atoms with E-state index in [-0.39, 0.29) is 11.8 Å². The predicted molar refractivity (Wildman–Crippen MR) is 128 cm³/mol. The maximum absolute atomic E-state index is 12.7. The van der Waals surface area contributed by atoms with Crippen LogP contribution in [0.3, 0.4) is 0 Å². The monoisotopic (exact) mass is 427 g/mol. The van der Waals surface area contributed by atoms with Crippen LogP contribution in [0.2, 0.25) is 0 Å². The summed E-state index contributed by atoms with van der Waals surface area (Å²) in [6.45, 7) is 5.96. The van der Waals surface area contributed by atoms with Crippen LogP contribution in [0.5, 0.6) is 0 Å². The minimum absolute atomic E-state index is 0.107. The highest BCUT2D eigenvalue weighted by atomic mass is 16.2. The summed E-state index contributed by atoms with van der Waals surface area (Å²) >= 11 is 0. The van der Waals surface area contributed by atoms with E-state index in [0.29, 0.717) is 12.0 Å².